The van der Waals surface area contributed by atoms with Gasteiger partial charge in [-0.1, -0.05) is 81.6 Å². The second kappa shape index (κ2) is 10.3. The van der Waals surface area contributed by atoms with Crippen LogP contribution < -0.4 is 4.90 Å². The molecule has 0 bridgehead atoms. The van der Waals surface area contributed by atoms with Crippen LogP contribution in [0.5, 0.6) is 0 Å². The highest BCUT2D eigenvalue weighted by Gasteiger charge is 2.12. The van der Waals surface area contributed by atoms with Crippen LogP contribution in [0, 0.1) is 0 Å². The van der Waals surface area contributed by atoms with Crippen LogP contribution in [0.15, 0.2) is 106 Å². The van der Waals surface area contributed by atoms with Gasteiger partial charge in [-0.2, -0.15) is 0 Å². The lowest BCUT2D eigenvalue weighted by Gasteiger charge is -2.25. The van der Waals surface area contributed by atoms with Gasteiger partial charge >= 0.3 is 0 Å². The van der Waals surface area contributed by atoms with Crippen LogP contribution in [0.1, 0.15) is 25.3 Å². The number of hydrogen-bond donors (Lipinski definition) is 0. The average Bonchev–Trinajstić information content (AvgIpc) is 2.81. The van der Waals surface area contributed by atoms with E-state index >= 15 is 0 Å². The average molecular weight is 535 g/mol. The molecule has 4 aromatic rings. The van der Waals surface area contributed by atoms with Crippen LogP contribution in [0.4, 0.5) is 17.1 Å². The molecule has 0 saturated carbocycles. The Morgan fingerprint density at radius 1 is 0.548 bits per heavy atom. The maximum absolute atomic E-state index is 3.55. The highest BCUT2D eigenvalue weighted by atomic mass is 79.9. The van der Waals surface area contributed by atoms with E-state index in [-0.39, 0.29) is 0 Å². The summed E-state index contributed by atoms with van der Waals surface area (Å²) < 4.78 is 2.15. The molecule has 0 N–H and O–H groups in total. The fourth-order valence-corrected chi connectivity index (χ4v) is 4.20. The predicted molar refractivity (Wildman–Crippen MR) is 141 cm³/mol. The zero-order chi connectivity index (χ0) is 21.6. The van der Waals surface area contributed by atoms with Crippen molar-refractivity contribution >= 4 is 48.9 Å². The van der Waals surface area contributed by atoms with Crippen LogP contribution in [-0.4, -0.2) is 0 Å². The molecule has 0 aromatic heterocycles. The molecule has 0 aliphatic carbocycles. The van der Waals surface area contributed by atoms with Crippen molar-refractivity contribution in [3.05, 3.63) is 112 Å². The maximum Gasteiger partial charge on any atom is 0.0462 e. The Labute approximate surface area is 202 Å². The van der Waals surface area contributed by atoms with E-state index in [1.165, 1.54) is 29.5 Å². The first-order valence-electron chi connectivity index (χ1n) is 10.6. The Hall–Kier alpha value is -2.36. The van der Waals surface area contributed by atoms with Crippen molar-refractivity contribution in [2.75, 3.05) is 4.90 Å². The molecule has 0 aliphatic heterocycles. The lowest BCUT2D eigenvalue weighted by molar-refractivity contribution is 0.795. The minimum Gasteiger partial charge on any atom is -0.311 e. The van der Waals surface area contributed by atoms with Crippen molar-refractivity contribution < 1.29 is 0 Å². The number of benzene rings is 4. The van der Waals surface area contributed by atoms with E-state index in [1.54, 1.807) is 0 Å². The van der Waals surface area contributed by atoms with Gasteiger partial charge in [-0.25, -0.2) is 0 Å². The van der Waals surface area contributed by atoms with E-state index in [2.05, 4.69) is 141 Å². The Morgan fingerprint density at radius 2 is 0.935 bits per heavy atom. The first-order chi connectivity index (χ1) is 15.1. The summed E-state index contributed by atoms with van der Waals surface area (Å²) in [5.74, 6) is 0. The fourth-order valence-electron chi connectivity index (χ4n) is 3.68. The largest absolute Gasteiger partial charge is 0.311 e. The van der Waals surface area contributed by atoms with Crippen LogP contribution in [0.2, 0.25) is 0 Å². The first-order valence-corrected chi connectivity index (χ1v) is 12.2. The predicted octanol–water partition coefficient (Wildman–Crippen LogP) is 9.69. The summed E-state index contributed by atoms with van der Waals surface area (Å²) in [5.41, 5.74) is 7.28. The Bertz CT molecular complexity index is 1050. The minimum absolute atomic E-state index is 1.07. The third-order valence-electron chi connectivity index (χ3n) is 5.40. The van der Waals surface area contributed by atoms with Crippen molar-refractivity contribution in [2.45, 2.75) is 26.2 Å². The molecule has 0 radical (unpaired) electrons. The van der Waals surface area contributed by atoms with Gasteiger partial charge in [0.1, 0.15) is 0 Å². The van der Waals surface area contributed by atoms with Crippen molar-refractivity contribution in [2.24, 2.45) is 0 Å². The normalized spacial score (nSPS) is 10.8. The summed E-state index contributed by atoms with van der Waals surface area (Å²) in [6, 6.07) is 34.7. The van der Waals surface area contributed by atoms with Crippen molar-refractivity contribution in [1.29, 1.82) is 0 Å². The van der Waals surface area contributed by atoms with E-state index in [9.17, 15) is 0 Å². The topological polar surface area (TPSA) is 3.24 Å². The molecule has 0 atom stereocenters. The summed E-state index contributed by atoms with van der Waals surface area (Å²) in [5, 5.41) is 0. The van der Waals surface area contributed by atoms with Crippen molar-refractivity contribution in [3.63, 3.8) is 0 Å². The summed E-state index contributed by atoms with van der Waals surface area (Å²) in [6.45, 7) is 2.24. The molecule has 0 fully saturated rings. The molecule has 0 unspecified atom stereocenters. The summed E-state index contributed by atoms with van der Waals surface area (Å²) >= 11 is 7.09. The number of halogens is 2. The van der Waals surface area contributed by atoms with E-state index in [4.69, 9.17) is 0 Å². The number of hydrogen-bond acceptors (Lipinski definition) is 1. The number of anilines is 3. The third kappa shape index (κ3) is 5.47. The van der Waals surface area contributed by atoms with Gasteiger partial charge in [-0.3, -0.25) is 0 Å². The minimum atomic E-state index is 1.07. The van der Waals surface area contributed by atoms with Gasteiger partial charge in [0.2, 0.25) is 0 Å². The van der Waals surface area contributed by atoms with Gasteiger partial charge in [0, 0.05) is 26.0 Å². The van der Waals surface area contributed by atoms with Gasteiger partial charge < -0.3 is 4.90 Å². The molecule has 31 heavy (non-hydrogen) atoms. The molecule has 0 aliphatic rings. The molecule has 0 saturated heterocycles. The number of rotatable bonds is 7. The molecule has 0 heterocycles. The molecular weight excluding hydrogens is 510 g/mol. The van der Waals surface area contributed by atoms with Crippen molar-refractivity contribution in [3.8, 4) is 11.1 Å². The number of unbranched alkanes of at least 4 members (excludes halogenated alkanes) is 1. The zero-order valence-electron chi connectivity index (χ0n) is 17.6. The molecule has 1 nitrogen and oxygen atoms in total. The highest BCUT2D eigenvalue weighted by Crippen LogP contribution is 2.36. The molecule has 0 spiro atoms. The van der Waals surface area contributed by atoms with Gasteiger partial charge in [-0.15, -0.1) is 0 Å². The summed E-state index contributed by atoms with van der Waals surface area (Å²) in [4.78, 5) is 2.27. The molecule has 4 rings (SSSR count). The second-order valence-electron chi connectivity index (χ2n) is 7.64. The zero-order valence-corrected chi connectivity index (χ0v) is 20.7. The number of aryl methyl sites for hydroxylation is 1. The first kappa shape index (κ1) is 21.9. The van der Waals surface area contributed by atoms with Crippen molar-refractivity contribution in [1.82, 2.24) is 0 Å². The monoisotopic (exact) mass is 533 g/mol. The molecule has 156 valence electrons. The smallest absolute Gasteiger partial charge is 0.0462 e. The Morgan fingerprint density at radius 3 is 1.35 bits per heavy atom. The van der Waals surface area contributed by atoms with Crippen LogP contribution >= 0.6 is 31.9 Å². The lowest BCUT2D eigenvalue weighted by Crippen LogP contribution is -2.09. The SMILES string of the molecule is CCCCc1ccc(-c2ccc(N(c3ccc(Br)cc3)c3ccc(Br)cc3)cc2)cc1. The second-order valence-corrected chi connectivity index (χ2v) is 9.47. The molecular formula is C28H25Br2N. The van der Waals surface area contributed by atoms with Gasteiger partial charge in [0.25, 0.3) is 0 Å². The van der Waals surface area contributed by atoms with E-state index < -0.39 is 0 Å². The Kier molecular flexibility index (Phi) is 7.26. The van der Waals surface area contributed by atoms with E-state index in [1.807, 2.05) is 0 Å². The van der Waals surface area contributed by atoms with E-state index in [0.29, 0.717) is 0 Å². The number of nitrogens with zero attached hydrogens (tertiary/aromatic N) is 1. The highest BCUT2D eigenvalue weighted by molar-refractivity contribution is 9.10. The van der Waals surface area contributed by atoms with Gasteiger partial charge in [0.05, 0.1) is 0 Å². The van der Waals surface area contributed by atoms with Crippen LogP contribution in [0.3, 0.4) is 0 Å². The molecule has 0 amide bonds. The van der Waals surface area contributed by atoms with Gasteiger partial charge in [-0.05, 0) is 90.2 Å². The Balaban J connectivity index is 1.64. The summed E-state index contributed by atoms with van der Waals surface area (Å²) in [7, 11) is 0. The molecule has 4 aromatic carbocycles. The lowest BCUT2D eigenvalue weighted by atomic mass is 10.0. The summed E-state index contributed by atoms with van der Waals surface area (Å²) in [6.07, 6.45) is 3.64. The standard InChI is InChI=1S/C28H25Br2N/c1-2-3-4-21-5-7-22(8-6-21)23-9-15-26(16-10-23)31(27-17-11-24(29)12-18-27)28-19-13-25(30)14-20-28/h5-20H,2-4H2,1H3. The quantitative estimate of drug-likeness (QED) is 0.228. The molecule has 3 heteroatoms. The van der Waals surface area contributed by atoms with E-state index in [0.717, 1.165) is 32.4 Å². The third-order valence-corrected chi connectivity index (χ3v) is 6.46. The van der Waals surface area contributed by atoms with Gasteiger partial charge in [0.15, 0.2) is 0 Å². The maximum atomic E-state index is 3.55. The van der Waals surface area contributed by atoms with Crippen LogP contribution in [0.25, 0.3) is 11.1 Å². The van der Waals surface area contributed by atoms with Crippen LogP contribution in [-0.2, 0) is 6.42 Å². The fraction of sp³-hybridized carbons (Fsp3) is 0.143.